The zero-order valence-electron chi connectivity index (χ0n) is 20.3. The molecule has 8 heteroatoms. The zero-order valence-corrected chi connectivity index (χ0v) is 20.3. The number of carbonyl (C=O) groups is 1. The van der Waals surface area contributed by atoms with Crippen LogP contribution in [0.1, 0.15) is 23.7 Å². The molecule has 35 heavy (non-hydrogen) atoms. The Labute approximate surface area is 204 Å². The molecule has 1 atom stereocenters. The predicted octanol–water partition coefficient (Wildman–Crippen LogP) is 4.80. The van der Waals surface area contributed by atoms with Crippen LogP contribution in [0.3, 0.4) is 0 Å². The average molecular weight is 480 g/mol. The average Bonchev–Trinajstić information content (AvgIpc) is 2.90. The summed E-state index contributed by atoms with van der Waals surface area (Å²) in [6.45, 7) is -0.146. The summed E-state index contributed by atoms with van der Waals surface area (Å²) in [6.07, 6.45) is 1.24. The fourth-order valence-corrected chi connectivity index (χ4v) is 4.09. The number of anilines is 1. The van der Waals surface area contributed by atoms with Crippen LogP contribution < -0.4 is 33.7 Å². The number of methoxy groups -OCH3 is 4. The Kier molecular flexibility index (Phi) is 7.50. The van der Waals surface area contributed by atoms with E-state index in [1.165, 1.54) is 0 Å². The topological polar surface area (TPSA) is 84.5 Å². The number of hydrogen-bond donors (Lipinski definition) is 1. The first-order chi connectivity index (χ1) is 17.1. The first kappa shape index (κ1) is 24.1. The van der Waals surface area contributed by atoms with Crippen molar-refractivity contribution in [2.24, 2.45) is 0 Å². The fraction of sp³-hybridized carbons (Fsp3) is 0.296. The van der Waals surface area contributed by atoms with Crippen LogP contribution in [0.2, 0.25) is 0 Å². The van der Waals surface area contributed by atoms with Gasteiger partial charge in [-0.1, -0.05) is 18.2 Å². The van der Waals surface area contributed by atoms with Crippen molar-refractivity contribution in [3.63, 3.8) is 0 Å². The van der Waals surface area contributed by atoms with E-state index in [-0.39, 0.29) is 18.6 Å². The van der Waals surface area contributed by atoms with Crippen LogP contribution in [-0.4, -0.2) is 41.0 Å². The van der Waals surface area contributed by atoms with Gasteiger partial charge in [0.25, 0.3) is 5.91 Å². The van der Waals surface area contributed by atoms with Gasteiger partial charge in [0.2, 0.25) is 5.75 Å². The van der Waals surface area contributed by atoms with Gasteiger partial charge >= 0.3 is 0 Å². The predicted molar refractivity (Wildman–Crippen MR) is 131 cm³/mol. The lowest BCUT2D eigenvalue weighted by molar-refractivity contribution is -0.118. The zero-order chi connectivity index (χ0) is 24.8. The second-order valence-corrected chi connectivity index (χ2v) is 7.91. The van der Waals surface area contributed by atoms with E-state index in [0.717, 1.165) is 24.0 Å². The van der Waals surface area contributed by atoms with Gasteiger partial charge in [-0.05, 0) is 42.7 Å². The molecule has 0 aromatic heterocycles. The van der Waals surface area contributed by atoms with Crippen molar-refractivity contribution in [2.75, 3.05) is 40.4 Å². The van der Waals surface area contributed by atoms with Gasteiger partial charge in [-0.3, -0.25) is 4.79 Å². The van der Waals surface area contributed by atoms with Crippen LogP contribution in [0.5, 0.6) is 34.5 Å². The maximum atomic E-state index is 12.3. The molecule has 1 unspecified atom stereocenters. The van der Waals surface area contributed by atoms with Crippen LogP contribution in [0.25, 0.3) is 0 Å². The Balaban J connectivity index is 1.53. The molecule has 0 saturated carbocycles. The molecule has 184 valence electrons. The molecular weight excluding hydrogens is 450 g/mol. The van der Waals surface area contributed by atoms with Gasteiger partial charge in [-0.25, -0.2) is 0 Å². The maximum Gasteiger partial charge on any atom is 0.262 e. The molecule has 0 spiro atoms. The molecule has 0 bridgehead atoms. The van der Waals surface area contributed by atoms with Gasteiger partial charge < -0.3 is 33.7 Å². The second kappa shape index (κ2) is 10.9. The minimum atomic E-state index is -0.260. The normalized spacial score (nSPS) is 14.2. The number of nitrogens with one attached hydrogen (secondary N) is 1. The number of amides is 1. The Hall–Kier alpha value is -4.07. The second-order valence-electron chi connectivity index (χ2n) is 7.91. The lowest BCUT2D eigenvalue weighted by atomic mass is 9.96. The summed E-state index contributed by atoms with van der Waals surface area (Å²) in [5.74, 6) is 3.18. The smallest absolute Gasteiger partial charge is 0.262 e. The van der Waals surface area contributed by atoms with Crippen LogP contribution in [0.15, 0.2) is 54.6 Å². The standard InChI is InChI=1S/C27H29NO7/c1-30-22-14-19(34-16-26(29)28-18-8-6-5-7-9-18)15-23-20(22)10-11-21(35-23)17-12-24(31-2)27(33-4)25(13-17)32-3/h5-9,12-15,21H,10-11,16H2,1-4H3,(H,28,29). The molecule has 0 aliphatic carbocycles. The SMILES string of the molecule is COc1cc(OCC(=O)Nc2ccccc2)cc2c1CCC(c1cc(OC)c(OC)c(OC)c1)O2. The van der Waals surface area contributed by atoms with Gasteiger partial charge in [-0.2, -0.15) is 0 Å². The highest BCUT2D eigenvalue weighted by molar-refractivity contribution is 5.91. The first-order valence-corrected chi connectivity index (χ1v) is 11.2. The number of ether oxygens (including phenoxy) is 6. The monoisotopic (exact) mass is 479 g/mol. The van der Waals surface area contributed by atoms with E-state index in [9.17, 15) is 4.79 Å². The Morgan fingerprint density at radius 2 is 1.60 bits per heavy atom. The van der Waals surface area contributed by atoms with E-state index in [4.69, 9.17) is 28.4 Å². The third-order valence-corrected chi connectivity index (χ3v) is 5.77. The summed E-state index contributed by atoms with van der Waals surface area (Å²) >= 11 is 0. The fourth-order valence-electron chi connectivity index (χ4n) is 4.09. The summed E-state index contributed by atoms with van der Waals surface area (Å²) in [5, 5.41) is 2.80. The number of benzene rings is 3. The highest BCUT2D eigenvalue weighted by atomic mass is 16.5. The van der Waals surface area contributed by atoms with Crippen LogP contribution >= 0.6 is 0 Å². The molecule has 1 heterocycles. The molecule has 1 aliphatic heterocycles. The van der Waals surface area contributed by atoms with Crippen molar-refractivity contribution in [2.45, 2.75) is 18.9 Å². The lowest BCUT2D eigenvalue weighted by Gasteiger charge is -2.29. The third kappa shape index (κ3) is 5.37. The van der Waals surface area contributed by atoms with Gasteiger partial charge in [0.05, 0.1) is 28.4 Å². The van der Waals surface area contributed by atoms with Gasteiger partial charge in [0.1, 0.15) is 23.4 Å². The molecule has 0 saturated heterocycles. The number of carbonyl (C=O) groups excluding carboxylic acids is 1. The molecule has 1 amide bonds. The van der Waals surface area contributed by atoms with Gasteiger partial charge in [-0.15, -0.1) is 0 Å². The van der Waals surface area contributed by atoms with E-state index in [2.05, 4.69) is 5.32 Å². The molecule has 0 fully saturated rings. The molecule has 4 rings (SSSR count). The van der Waals surface area contributed by atoms with Crippen LogP contribution in [-0.2, 0) is 11.2 Å². The molecule has 1 aliphatic rings. The summed E-state index contributed by atoms with van der Waals surface area (Å²) in [7, 11) is 6.34. The number of hydrogen-bond acceptors (Lipinski definition) is 7. The van der Waals surface area contributed by atoms with E-state index in [1.807, 2.05) is 42.5 Å². The number of para-hydroxylation sites is 1. The minimum Gasteiger partial charge on any atom is -0.496 e. The molecule has 0 radical (unpaired) electrons. The van der Waals surface area contributed by atoms with Crippen molar-refractivity contribution in [1.29, 1.82) is 0 Å². The summed E-state index contributed by atoms with van der Waals surface area (Å²) in [5.41, 5.74) is 2.57. The molecule has 3 aromatic carbocycles. The first-order valence-electron chi connectivity index (χ1n) is 11.2. The van der Waals surface area contributed by atoms with Crippen molar-refractivity contribution >= 4 is 11.6 Å². The van der Waals surface area contributed by atoms with E-state index in [1.54, 1.807) is 40.6 Å². The summed E-state index contributed by atoms with van der Waals surface area (Å²) < 4.78 is 34.1. The number of fused-ring (bicyclic) bond motifs is 1. The quantitative estimate of drug-likeness (QED) is 0.472. The number of rotatable bonds is 9. The van der Waals surface area contributed by atoms with Crippen molar-refractivity contribution in [3.8, 4) is 34.5 Å². The van der Waals surface area contributed by atoms with Gasteiger partial charge in [0, 0.05) is 23.4 Å². The lowest BCUT2D eigenvalue weighted by Crippen LogP contribution is -2.20. The van der Waals surface area contributed by atoms with Crippen molar-refractivity contribution in [3.05, 3.63) is 65.7 Å². The van der Waals surface area contributed by atoms with Crippen LogP contribution in [0, 0.1) is 0 Å². The largest absolute Gasteiger partial charge is 0.496 e. The highest BCUT2D eigenvalue weighted by Gasteiger charge is 2.27. The maximum absolute atomic E-state index is 12.3. The molecule has 3 aromatic rings. The minimum absolute atomic E-state index is 0.146. The molecule has 1 N–H and O–H groups in total. The van der Waals surface area contributed by atoms with Crippen molar-refractivity contribution < 1.29 is 33.2 Å². The Bertz CT molecular complexity index is 1150. The van der Waals surface area contributed by atoms with Gasteiger partial charge in [0.15, 0.2) is 18.1 Å². The Morgan fingerprint density at radius 3 is 2.23 bits per heavy atom. The van der Waals surface area contributed by atoms with Crippen LogP contribution in [0.4, 0.5) is 5.69 Å². The summed E-state index contributed by atoms with van der Waals surface area (Å²) in [4.78, 5) is 12.3. The van der Waals surface area contributed by atoms with Crippen molar-refractivity contribution in [1.82, 2.24) is 0 Å². The van der Waals surface area contributed by atoms with E-state index in [0.29, 0.717) is 40.2 Å². The molecular formula is C27H29NO7. The van der Waals surface area contributed by atoms with E-state index >= 15 is 0 Å². The van der Waals surface area contributed by atoms with E-state index < -0.39 is 0 Å². The summed E-state index contributed by atoms with van der Waals surface area (Å²) in [6, 6.07) is 16.6. The third-order valence-electron chi connectivity index (χ3n) is 5.77. The molecule has 8 nitrogen and oxygen atoms in total. The Morgan fingerprint density at radius 1 is 0.914 bits per heavy atom. The highest BCUT2D eigenvalue weighted by Crippen LogP contribution is 2.45.